The van der Waals surface area contributed by atoms with Crippen molar-refractivity contribution in [2.75, 3.05) is 18.1 Å². The zero-order valence-corrected chi connectivity index (χ0v) is 26.1. The number of nitrogens with zero attached hydrogens (tertiary/aromatic N) is 3. The number of halogens is 1. The van der Waals surface area contributed by atoms with Crippen LogP contribution < -0.4 is 14.4 Å². The van der Waals surface area contributed by atoms with Gasteiger partial charge in [-0.25, -0.2) is 0 Å². The largest absolute Gasteiger partial charge is 0.503 e. The van der Waals surface area contributed by atoms with E-state index < -0.39 is 23.5 Å². The molecule has 1 aliphatic heterocycles. The fourth-order valence-electron chi connectivity index (χ4n) is 4.38. The summed E-state index contributed by atoms with van der Waals surface area (Å²) in [5.41, 5.74) is 1.61. The van der Waals surface area contributed by atoms with Crippen LogP contribution in [0.25, 0.3) is 0 Å². The molecule has 2 aromatic heterocycles. The third-order valence-electron chi connectivity index (χ3n) is 6.41. The number of carbonyl (C=O) groups is 2. The van der Waals surface area contributed by atoms with Crippen LogP contribution in [0, 0.1) is 0 Å². The summed E-state index contributed by atoms with van der Waals surface area (Å²) < 4.78 is 12.5. The van der Waals surface area contributed by atoms with Gasteiger partial charge in [-0.3, -0.25) is 14.5 Å². The number of hydrogen-bond acceptors (Lipinski definition) is 10. The highest BCUT2D eigenvalue weighted by atomic mass is 35.5. The number of carbonyl (C=O) groups excluding carboxylic acids is 2. The van der Waals surface area contributed by atoms with Crippen molar-refractivity contribution >= 4 is 62.9 Å². The molecule has 1 amide bonds. The number of ether oxygens (including phenoxy) is 2. The van der Waals surface area contributed by atoms with Gasteiger partial charge in [0, 0.05) is 10.8 Å². The number of unbranched alkanes of at least 4 members (excludes halogenated alkanes) is 1. The van der Waals surface area contributed by atoms with Gasteiger partial charge in [0.15, 0.2) is 21.6 Å². The summed E-state index contributed by atoms with van der Waals surface area (Å²) in [7, 11) is 0. The van der Waals surface area contributed by atoms with Gasteiger partial charge >= 0.3 is 0 Å². The lowest BCUT2D eigenvalue weighted by molar-refractivity contribution is -0.117. The molecule has 0 bridgehead atoms. The molecule has 1 unspecified atom stereocenters. The minimum Gasteiger partial charge on any atom is -0.503 e. The second-order valence-corrected chi connectivity index (χ2v) is 12.8. The average molecular weight is 642 g/mol. The molecule has 5 rings (SSSR count). The summed E-state index contributed by atoms with van der Waals surface area (Å²) in [5, 5.41) is 22.4. The lowest BCUT2D eigenvalue weighted by Gasteiger charge is -2.25. The summed E-state index contributed by atoms with van der Waals surface area (Å²) in [6, 6.07) is 15.3. The lowest BCUT2D eigenvalue weighted by Crippen LogP contribution is -2.31. The molecule has 4 aromatic rings. The summed E-state index contributed by atoms with van der Waals surface area (Å²) >= 11 is 9.93. The van der Waals surface area contributed by atoms with Crippen LogP contribution >= 0.6 is 46.0 Å². The molecule has 42 heavy (non-hydrogen) atoms. The van der Waals surface area contributed by atoms with E-state index in [0.717, 1.165) is 18.4 Å². The first-order valence-corrected chi connectivity index (χ1v) is 16.4. The topological polar surface area (TPSA) is 102 Å². The first kappa shape index (κ1) is 30.1. The Morgan fingerprint density at radius 2 is 1.90 bits per heavy atom. The van der Waals surface area contributed by atoms with Crippen LogP contribution in [-0.2, 0) is 10.5 Å². The van der Waals surface area contributed by atoms with Gasteiger partial charge in [-0.15, -0.1) is 21.5 Å². The number of amides is 1. The van der Waals surface area contributed by atoms with Gasteiger partial charge in [-0.2, -0.15) is 0 Å². The van der Waals surface area contributed by atoms with E-state index in [-0.39, 0.29) is 10.7 Å². The molecule has 8 nitrogen and oxygen atoms in total. The Kier molecular flexibility index (Phi) is 9.84. The third kappa shape index (κ3) is 6.49. The maximum Gasteiger partial charge on any atom is 0.296 e. The smallest absolute Gasteiger partial charge is 0.296 e. The molecule has 0 aliphatic carbocycles. The zero-order valence-electron chi connectivity index (χ0n) is 22.9. The quantitative estimate of drug-likeness (QED) is 0.0680. The average Bonchev–Trinajstić information content (AvgIpc) is 3.74. The SMILES string of the molecule is CCCCOc1ccc(C2C(C(=O)c3cccs3)=C(O)C(=O)N2c2nnc(SCc3ccc(Cl)cc3)s2)cc1OCC. The summed E-state index contributed by atoms with van der Waals surface area (Å²) in [6.45, 7) is 4.89. The molecule has 0 saturated carbocycles. The second kappa shape index (κ2) is 13.7. The predicted octanol–water partition coefficient (Wildman–Crippen LogP) is 7.91. The van der Waals surface area contributed by atoms with Crippen LogP contribution in [0.4, 0.5) is 5.13 Å². The Labute approximate surface area is 261 Å². The minimum absolute atomic E-state index is 0.0184. The first-order valence-electron chi connectivity index (χ1n) is 13.4. The van der Waals surface area contributed by atoms with Crippen molar-refractivity contribution in [3.63, 3.8) is 0 Å². The van der Waals surface area contributed by atoms with E-state index in [1.54, 1.807) is 35.7 Å². The van der Waals surface area contributed by atoms with Crippen LogP contribution in [0.2, 0.25) is 5.02 Å². The molecule has 2 aromatic carbocycles. The number of aliphatic hydroxyl groups excluding tert-OH is 1. The van der Waals surface area contributed by atoms with Crippen molar-refractivity contribution in [3.05, 3.63) is 92.3 Å². The molecule has 1 atom stereocenters. The van der Waals surface area contributed by atoms with Gasteiger partial charge in [0.1, 0.15) is 0 Å². The Morgan fingerprint density at radius 3 is 2.62 bits per heavy atom. The maximum absolute atomic E-state index is 13.7. The molecule has 218 valence electrons. The van der Waals surface area contributed by atoms with Gasteiger partial charge in [0.2, 0.25) is 10.9 Å². The number of rotatable bonds is 13. The number of thiophene rings is 1. The monoisotopic (exact) mass is 641 g/mol. The Morgan fingerprint density at radius 1 is 1.10 bits per heavy atom. The second-order valence-electron chi connectivity index (χ2n) is 9.25. The van der Waals surface area contributed by atoms with Gasteiger partial charge in [0.05, 0.1) is 29.7 Å². The third-order valence-corrected chi connectivity index (χ3v) is 9.66. The van der Waals surface area contributed by atoms with Crippen molar-refractivity contribution in [1.29, 1.82) is 0 Å². The van der Waals surface area contributed by atoms with Crippen molar-refractivity contribution < 1.29 is 24.2 Å². The number of hydrogen-bond donors (Lipinski definition) is 1. The molecule has 0 radical (unpaired) electrons. The Bertz CT molecular complexity index is 1590. The zero-order chi connectivity index (χ0) is 29.6. The number of aromatic nitrogens is 2. The number of ketones is 1. The molecule has 1 N–H and O–H groups in total. The van der Waals surface area contributed by atoms with Gasteiger partial charge < -0.3 is 14.6 Å². The molecule has 0 fully saturated rings. The first-order chi connectivity index (χ1) is 20.4. The van der Waals surface area contributed by atoms with E-state index in [1.807, 2.05) is 31.2 Å². The summed E-state index contributed by atoms with van der Waals surface area (Å²) in [5.74, 6) is -0.0556. The summed E-state index contributed by atoms with van der Waals surface area (Å²) in [4.78, 5) is 29.0. The van der Waals surface area contributed by atoms with Crippen LogP contribution in [0.15, 0.2) is 75.6 Å². The number of benzene rings is 2. The van der Waals surface area contributed by atoms with Gasteiger partial charge in [-0.05, 0) is 60.2 Å². The minimum atomic E-state index is -0.946. The van der Waals surface area contributed by atoms with E-state index in [0.29, 0.717) is 50.3 Å². The Balaban J connectivity index is 1.51. The van der Waals surface area contributed by atoms with E-state index in [2.05, 4.69) is 17.1 Å². The highest BCUT2D eigenvalue weighted by molar-refractivity contribution is 8.00. The lowest BCUT2D eigenvalue weighted by atomic mass is 9.95. The van der Waals surface area contributed by atoms with Gasteiger partial charge in [0.25, 0.3) is 5.91 Å². The molecule has 0 spiro atoms. The highest BCUT2D eigenvalue weighted by Crippen LogP contribution is 2.45. The van der Waals surface area contributed by atoms with Crippen LogP contribution in [-0.4, -0.2) is 40.2 Å². The Hall–Kier alpha value is -3.38. The number of thioether (sulfide) groups is 1. The number of anilines is 1. The van der Waals surface area contributed by atoms with E-state index >= 15 is 0 Å². The van der Waals surface area contributed by atoms with E-state index in [1.165, 1.54) is 39.3 Å². The molecule has 0 saturated heterocycles. The van der Waals surface area contributed by atoms with Crippen molar-refractivity contribution in [2.24, 2.45) is 0 Å². The summed E-state index contributed by atoms with van der Waals surface area (Å²) in [6.07, 6.45) is 1.88. The van der Waals surface area contributed by atoms with E-state index in [9.17, 15) is 14.7 Å². The fourth-order valence-corrected chi connectivity index (χ4v) is 7.01. The van der Waals surface area contributed by atoms with E-state index in [4.69, 9.17) is 21.1 Å². The van der Waals surface area contributed by atoms with Gasteiger partial charge in [-0.1, -0.05) is 72.3 Å². The fraction of sp³-hybridized carbons (Fsp3) is 0.267. The van der Waals surface area contributed by atoms with Crippen LogP contribution in [0.1, 0.15) is 53.5 Å². The molecular formula is C30H28ClN3O5S3. The number of aliphatic hydroxyl groups is 1. The van der Waals surface area contributed by atoms with Crippen LogP contribution in [0.3, 0.4) is 0 Å². The highest BCUT2D eigenvalue weighted by Gasteiger charge is 2.46. The van der Waals surface area contributed by atoms with Crippen molar-refractivity contribution in [2.45, 2.75) is 42.8 Å². The molecule has 12 heteroatoms. The van der Waals surface area contributed by atoms with Crippen LogP contribution in [0.5, 0.6) is 11.5 Å². The van der Waals surface area contributed by atoms with Crippen molar-refractivity contribution in [3.8, 4) is 11.5 Å². The molecule has 3 heterocycles. The van der Waals surface area contributed by atoms with Crippen molar-refractivity contribution in [1.82, 2.24) is 10.2 Å². The molecular weight excluding hydrogens is 614 g/mol. The maximum atomic E-state index is 13.7. The standard InChI is InChI=1S/C30H28ClN3O5S3/c1-3-5-14-39-21-13-10-19(16-22(21)38-4-2)25-24(26(35)23-7-6-15-40-23)27(36)28(37)34(25)29-32-33-30(42-29)41-17-18-8-11-20(31)12-9-18/h6-13,15-16,25,36H,3-5,14,17H2,1-2H3. The predicted molar refractivity (Wildman–Crippen MR) is 167 cm³/mol. The number of Topliss-reactive ketones (excluding diaryl/α,β-unsaturated/α-hetero) is 1. The normalized spacial score (nSPS) is 15.0. The molecule has 1 aliphatic rings.